The van der Waals surface area contributed by atoms with Gasteiger partial charge < -0.3 is 9.64 Å². The number of carbonyl (C=O) groups is 1. The number of ether oxygens (including phenoxy) is 1. The molecule has 2 aliphatic rings. The molecule has 2 aliphatic heterocycles. The summed E-state index contributed by atoms with van der Waals surface area (Å²) in [7, 11) is 0. The van der Waals surface area contributed by atoms with Gasteiger partial charge in [-0.15, -0.1) is 0 Å². The van der Waals surface area contributed by atoms with E-state index in [2.05, 4.69) is 9.64 Å². The van der Waals surface area contributed by atoms with E-state index < -0.39 is 18.4 Å². The lowest BCUT2D eigenvalue weighted by Gasteiger charge is -2.45. The fraction of sp³-hybridized carbons (Fsp3) is 0.667. The van der Waals surface area contributed by atoms with Crippen molar-refractivity contribution in [3.05, 3.63) is 35.1 Å². The zero-order chi connectivity index (χ0) is 21.2. The number of amides is 1. The van der Waals surface area contributed by atoms with Crippen molar-refractivity contribution in [2.75, 3.05) is 19.6 Å². The molecule has 1 unspecified atom stereocenters. The molecule has 0 radical (unpaired) electrons. The van der Waals surface area contributed by atoms with Crippen LogP contribution in [0.3, 0.4) is 0 Å². The van der Waals surface area contributed by atoms with E-state index >= 15 is 0 Å². The summed E-state index contributed by atoms with van der Waals surface area (Å²) >= 11 is 0. The van der Waals surface area contributed by atoms with Gasteiger partial charge in [-0.25, -0.2) is 9.18 Å². The molecule has 0 bridgehead atoms. The summed E-state index contributed by atoms with van der Waals surface area (Å²) < 4.78 is 56.2. The molecular formula is C21H28F4N2O2. The van der Waals surface area contributed by atoms with Crippen LogP contribution in [0.1, 0.15) is 50.7 Å². The standard InChI is InChI=1S/C21H28F4N2O2/c1-3-17-13-16(5-6-18(17)22)14-27-10-4-7-20(27)8-11-26(12-9-20)19(28)29-15(2)21(23,24)25/h5-6,13,15H,3-4,7-12,14H2,1-2H3. The molecule has 0 aromatic heterocycles. The van der Waals surface area contributed by atoms with E-state index in [0.717, 1.165) is 31.9 Å². The Hall–Kier alpha value is -1.83. The van der Waals surface area contributed by atoms with E-state index in [4.69, 9.17) is 0 Å². The molecule has 1 aromatic rings. The number of alkyl halides is 3. The van der Waals surface area contributed by atoms with Crippen LogP contribution < -0.4 is 0 Å². The zero-order valence-corrected chi connectivity index (χ0v) is 16.9. The van der Waals surface area contributed by atoms with Crippen LogP contribution in [-0.4, -0.2) is 53.3 Å². The van der Waals surface area contributed by atoms with Gasteiger partial charge in [0, 0.05) is 25.2 Å². The quantitative estimate of drug-likeness (QED) is 0.654. The van der Waals surface area contributed by atoms with E-state index in [0.29, 0.717) is 44.5 Å². The Morgan fingerprint density at radius 3 is 2.52 bits per heavy atom. The minimum atomic E-state index is -4.55. The first-order valence-corrected chi connectivity index (χ1v) is 10.2. The number of piperidine rings is 1. The van der Waals surface area contributed by atoms with Gasteiger partial charge in [0.15, 0.2) is 6.10 Å². The number of halogens is 4. The average molecular weight is 416 g/mol. The van der Waals surface area contributed by atoms with Crippen LogP contribution in [0.15, 0.2) is 18.2 Å². The molecule has 0 saturated carbocycles. The lowest BCUT2D eigenvalue weighted by atomic mass is 9.85. The van der Waals surface area contributed by atoms with Crippen LogP contribution in [0.4, 0.5) is 22.4 Å². The number of aryl methyl sites for hydroxylation is 1. The van der Waals surface area contributed by atoms with Crippen molar-refractivity contribution in [1.82, 2.24) is 9.80 Å². The lowest BCUT2D eigenvalue weighted by Crippen LogP contribution is -2.53. The molecule has 2 saturated heterocycles. The van der Waals surface area contributed by atoms with E-state index in [9.17, 15) is 22.4 Å². The summed E-state index contributed by atoms with van der Waals surface area (Å²) in [5.74, 6) is -0.188. The van der Waals surface area contributed by atoms with Crippen LogP contribution in [0.2, 0.25) is 0 Å². The third-order valence-corrected chi connectivity index (χ3v) is 6.30. The summed E-state index contributed by atoms with van der Waals surface area (Å²) in [5.41, 5.74) is 1.70. The van der Waals surface area contributed by atoms with Crippen LogP contribution in [-0.2, 0) is 17.7 Å². The second-order valence-corrected chi connectivity index (χ2v) is 8.08. The second-order valence-electron chi connectivity index (χ2n) is 8.08. The molecular weight excluding hydrogens is 388 g/mol. The molecule has 2 fully saturated rings. The summed E-state index contributed by atoms with van der Waals surface area (Å²) in [5, 5.41) is 0. The average Bonchev–Trinajstić information content (AvgIpc) is 3.04. The number of hydrogen-bond donors (Lipinski definition) is 0. The third-order valence-electron chi connectivity index (χ3n) is 6.30. The smallest absolute Gasteiger partial charge is 0.425 e. The Kier molecular flexibility index (Phi) is 6.41. The Morgan fingerprint density at radius 1 is 1.21 bits per heavy atom. The van der Waals surface area contributed by atoms with E-state index in [1.54, 1.807) is 0 Å². The van der Waals surface area contributed by atoms with Crippen LogP contribution in [0.25, 0.3) is 0 Å². The van der Waals surface area contributed by atoms with E-state index in [-0.39, 0.29) is 11.4 Å². The fourth-order valence-corrected chi connectivity index (χ4v) is 4.42. The third kappa shape index (κ3) is 4.85. The summed E-state index contributed by atoms with van der Waals surface area (Å²) in [4.78, 5) is 15.8. The molecule has 1 spiro atoms. The number of nitrogens with zero attached hydrogens (tertiary/aromatic N) is 2. The van der Waals surface area contributed by atoms with Crippen molar-refractivity contribution in [2.45, 2.75) is 70.3 Å². The van der Waals surface area contributed by atoms with Crippen molar-refractivity contribution >= 4 is 6.09 Å². The first kappa shape index (κ1) is 21.9. The molecule has 162 valence electrons. The molecule has 0 N–H and O–H groups in total. The minimum Gasteiger partial charge on any atom is -0.437 e. The summed E-state index contributed by atoms with van der Waals surface area (Å²) in [6.45, 7) is 5.16. The number of benzene rings is 1. The SMILES string of the molecule is CCc1cc(CN2CCCC23CCN(C(=O)OC(C)C(F)(F)F)CC3)ccc1F. The highest BCUT2D eigenvalue weighted by Gasteiger charge is 2.45. The maximum Gasteiger partial charge on any atom is 0.425 e. The number of hydrogen-bond acceptors (Lipinski definition) is 3. The van der Waals surface area contributed by atoms with Gasteiger partial charge in [-0.3, -0.25) is 4.90 Å². The summed E-state index contributed by atoms with van der Waals surface area (Å²) in [6.07, 6.45) is -3.50. The first-order chi connectivity index (χ1) is 13.6. The molecule has 2 heterocycles. The van der Waals surface area contributed by atoms with Crippen LogP contribution in [0, 0.1) is 5.82 Å². The Balaban J connectivity index is 1.61. The molecule has 29 heavy (non-hydrogen) atoms. The topological polar surface area (TPSA) is 32.8 Å². The maximum absolute atomic E-state index is 13.8. The monoisotopic (exact) mass is 416 g/mol. The molecule has 1 atom stereocenters. The number of rotatable bonds is 4. The van der Waals surface area contributed by atoms with Crippen molar-refractivity contribution in [1.29, 1.82) is 0 Å². The van der Waals surface area contributed by atoms with Gasteiger partial charge >= 0.3 is 12.3 Å². The molecule has 3 rings (SSSR count). The highest BCUT2D eigenvalue weighted by Crippen LogP contribution is 2.39. The first-order valence-electron chi connectivity index (χ1n) is 10.2. The summed E-state index contributed by atoms with van der Waals surface area (Å²) in [6, 6.07) is 5.23. The predicted octanol–water partition coefficient (Wildman–Crippen LogP) is 4.91. The van der Waals surface area contributed by atoms with Gasteiger partial charge in [-0.2, -0.15) is 13.2 Å². The van der Waals surface area contributed by atoms with Gasteiger partial charge in [0.2, 0.25) is 0 Å². The minimum absolute atomic E-state index is 0.0623. The fourth-order valence-electron chi connectivity index (χ4n) is 4.42. The number of carbonyl (C=O) groups excluding carboxylic acids is 1. The van der Waals surface area contributed by atoms with E-state index in [1.807, 2.05) is 19.1 Å². The zero-order valence-electron chi connectivity index (χ0n) is 16.9. The second kappa shape index (κ2) is 8.50. The van der Waals surface area contributed by atoms with Crippen molar-refractivity contribution in [3.63, 3.8) is 0 Å². The highest BCUT2D eigenvalue weighted by molar-refractivity contribution is 5.68. The van der Waals surface area contributed by atoms with Crippen molar-refractivity contribution < 1.29 is 27.1 Å². The Morgan fingerprint density at radius 2 is 1.90 bits per heavy atom. The van der Waals surface area contributed by atoms with Crippen molar-refractivity contribution in [3.8, 4) is 0 Å². The lowest BCUT2D eigenvalue weighted by molar-refractivity contribution is -0.200. The molecule has 1 amide bonds. The van der Waals surface area contributed by atoms with Crippen LogP contribution in [0.5, 0.6) is 0 Å². The molecule has 1 aromatic carbocycles. The van der Waals surface area contributed by atoms with Gasteiger partial charge in [0.25, 0.3) is 0 Å². The predicted molar refractivity (Wildman–Crippen MR) is 101 cm³/mol. The molecule has 0 aliphatic carbocycles. The van der Waals surface area contributed by atoms with E-state index in [1.165, 1.54) is 11.0 Å². The maximum atomic E-state index is 13.8. The number of likely N-dealkylation sites (tertiary alicyclic amines) is 2. The van der Waals surface area contributed by atoms with Gasteiger partial charge in [-0.1, -0.05) is 19.1 Å². The molecule has 8 heteroatoms. The van der Waals surface area contributed by atoms with Crippen LogP contribution >= 0.6 is 0 Å². The highest BCUT2D eigenvalue weighted by atomic mass is 19.4. The Labute approximate surface area is 168 Å². The van der Waals surface area contributed by atoms with Gasteiger partial charge in [0.05, 0.1) is 0 Å². The molecule has 4 nitrogen and oxygen atoms in total. The Bertz CT molecular complexity index is 730. The van der Waals surface area contributed by atoms with Crippen molar-refractivity contribution in [2.24, 2.45) is 0 Å². The largest absolute Gasteiger partial charge is 0.437 e. The van der Waals surface area contributed by atoms with Gasteiger partial charge in [0.1, 0.15) is 5.82 Å². The normalized spacial score (nSPS) is 20.8. The van der Waals surface area contributed by atoms with Gasteiger partial charge in [-0.05, 0) is 62.8 Å².